The summed E-state index contributed by atoms with van der Waals surface area (Å²) < 4.78 is 1.32. The molecule has 2 aromatic heterocycles. The molecule has 5 nitrogen and oxygen atoms in total. The van der Waals surface area contributed by atoms with E-state index in [0.717, 1.165) is 5.69 Å². The molecule has 3 rings (SSSR count). The van der Waals surface area contributed by atoms with Gasteiger partial charge in [-0.2, -0.15) is 4.68 Å². The third-order valence-corrected chi connectivity index (χ3v) is 2.53. The molecule has 88 valence electrons. The standard InChI is InChI=1S/C13H10N4O/c18-13-15-12(11-8-4-5-9-14-11)16-17(13)10-6-2-1-3-7-10/h1-9H,(H,15,16,18). The Balaban J connectivity index is 2.10. The lowest BCUT2D eigenvalue weighted by atomic mass is 10.3. The van der Waals surface area contributed by atoms with Crippen LogP contribution in [0, 0.1) is 0 Å². The Morgan fingerprint density at radius 1 is 1.00 bits per heavy atom. The van der Waals surface area contributed by atoms with E-state index in [-0.39, 0.29) is 5.69 Å². The smallest absolute Gasteiger partial charge is 0.287 e. The molecule has 0 atom stereocenters. The molecule has 0 unspecified atom stereocenters. The summed E-state index contributed by atoms with van der Waals surface area (Å²) in [6.07, 6.45) is 1.66. The van der Waals surface area contributed by atoms with Crippen LogP contribution in [0.4, 0.5) is 0 Å². The van der Waals surface area contributed by atoms with Gasteiger partial charge < -0.3 is 0 Å². The number of pyridine rings is 1. The van der Waals surface area contributed by atoms with Crippen LogP contribution in [0.1, 0.15) is 0 Å². The average Bonchev–Trinajstić information content (AvgIpc) is 2.83. The van der Waals surface area contributed by atoms with Gasteiger partial charge in [-0.15, -0.1) is 5.10 Å². The molecule has 0 spiro atoms. The third-order valence-electron chi connectivity index (χ3n) is 2.53. The van der Waals surface area contributed by atoms with Gasteiger partial charge in [0.25, 0.3) is 0 Å². The lowest BCUT2D eigenvalue weighted by Crippen LogP contribution is -2.15. The number of hydrogen-bond acceptors (Lipinski definition) is 3. The zero-order valence-corrected chi connectivity index (χ0v) is 9.45. The molecule has 0 amide bonds. The van der Waals surface area contributed by atoms with Crippen molar-refractivity contribution >= 4 is 0 Å². The fourth-order valence-electron chi connectivity index (χ4n) is 1.69. The van der Waals surface area contributed by atoms with E-state index >= 15 is 0 Å². The number of aromatic nitrogens is 4. The van der Waals surface area contributed by atoms with E-state index in [1.165, 1.54) is 4.68 Å². The summed E-state index contributed by atoms with van der Waals surface area (Å²) in [6, 6.07) is 14.7. The number of para-hydroxylation sites is 1. The molecular weight excluding hydrogens is 228 g/mol. The Labute approximate surface area is 103 Å². The van der Waals surface area contributed by atoms with Gasteiger partial charge in [0.05, 0.1) is 5.69 Å². The summed E-state index contributed by atoms with van der Waals surface area (Å²) in [5.74, 6) is 0.462. The van der Waals surface area contributed by atoms with E-state index in [9.17, 15) is 4.79 Å². The van der Waals surface area contributed by atoms with Crippen LogP contribution in [0.15, 0.2) is 59.5 Å². The van der Waals surface area contributed by atoms with Gasteiger partial charge >= 0.3 is 5.69 Å². The second kappa shape index (κ2) is 4.29. The highest BCUT2D eigenvalue weighted by Gasteiger charge is 2.08. The summed E-state index contributed by atoms with van der Waals surface area (Å²) in [4.78, 5) is 18.7. The summed E-state index contributed by atoms with van der Waals surface area (Å²) in [5.41, 5.74) is 1.09. The first-order valence-electron chi connectivity index (χ1n) is 5.51. The van der Waals surface area contributed by atoms with Gasteiger partial charge in [-0.25, -0.2) is 4.79 Å². The predicted molar refractivity (Wildman–Crippen MR) is 67.4 cm³/mol. The summed E-state index contributed by atoms with van der Waals surface area (Å²) in [5, 5.41) is 4.24. The Bertz CT molecular complexity index is 701. The van der Waals surface area contributed by atoms with Gasteiger partial charge in [0.1, 0.15) is 5.69 Å². The van der Waals surface area contributed by atoms with E-state index in [0.29, 0.717) is 11.5 Å². The normalized spacial score (nSPS) is 10.4. The molecule has 0 bridgehead atoms. The Morgan fingerprint density at radius 3 is 2.50 bits per heavy atom. The van der Waals surface area contributed by atoms with Crippen molar-refractivity contribution in [1.82, 2.24) is 19.7 Å². The number of hydrogen-bond donors (Lipinski definition) is 1. The lowest BCUT2D eigenvalue weighted by molar-refractivity contribution is 0.844. The van der Waals surface area contributed by atoms with Crippen molar-refractivity contribution < 1.29 is 0 Å². The van der Waals surface area contributed by atoms with E-state index in [1.807, 2.05) is 42.5 Å². The second-order valence-corrected chi connectivity index (χ2v) is 3.74. The molecule has 5 heteroatoms. The quantitative estimate of drug-likeness (QED) is 0.738. The monoisotopic (exact) mass is 238 g/mol. The highest BCUT2D eigenvalue weighted by atomic mass is 16.1. The van der Waals surface area contributed by atoms with Crippen LogP contribution in [-0.4, -0.2) is 19.7 Å². The topological polar surface area (TPSA) is 63.6 Å². The zero-order valence-electron chi connectivity index (χ0n) is 9.45. The minimum absolute atomic E-state index is 0.276. The van der Waals surface area contributed by atoms with Crippen molar-refractivity contribution in [2.45, 2.75) is 0 Å². The molecule has 0 aliphatic carbocycles. The fraction of sp³-hybridized carbons (Fsp3) is 0. The molecule has 0 saturated heterocycles. The summed E-state index contributed by atoms with van der Waals surface area (Å²) in [6.45, 7) is 0. The maximum atomic E-state index is 11.8. The minimum Gasteiger partial charge on any atom is -0.287 e. The minimum atomic E-state index is -0.276. The Kier molecular flexibility index (Phi) is 2.49. The van der Waals surface area contributed by atoms with Crippen molar-refractivity contribution in [3.05, 3.63) is 65.2 Å². The first-order chi connectivity index (χ1) is 8.84. The highest BCUT2D eigenvalue weighted by Crippen LogP contribution is 2.10. The average molecular weight is 238 g/mol. The number of rotatable bonds is 2. The van der Waals surface area contributed by atoms with Crippen LogP contribution < -0.4 is 5.69 Å². The van der Waals surface area contributed by atoms with Crippen LogP contribution >= 0.6 is 0 Å². The molecule has 1 N–H and O–H groups in total. The zero-order chi connectivity index (χ0) is 12.4. The number of nitrogens with zero attached hydrogens (tertiary/aromatic N) is 3. The van der Waals surface area contributed by atoms with Gasteiger partial charge in [-0.1, -0.05) is 24.3 Å². The molecule has 0 saturated carbocycles. The predicted octanol–water partition coefficient (Wildman–Crippen LogP) is 1.62. The molecule has 0 radical (unpaired) electrons. The molecule has 1 aromatic carbocycles. The van der Waals surface area contributed by atoms with Crippen molar-refractivity contribution in [3.8, 4) is 17.2 Å². The fourth-order valence-corrected chi connectivity index (χ4v) is 1.69. The van der Waals surface area contributed by atoms with E-state index in [4.69, 9.17) is 0 Å². The third kappa shape index (κ3) is 1.82. The largest absolute Gasteiger partial charge is 0.348 e. The van der Waals surface area contributed by atoms with E-state index < -0.39 is 0 Å². The van der Waals surface area contributed by atoms with Crippen LogP contribution in [-0.2, 0) is 0 Å². The second-order valence-electron chi connectivity index (χ2n) is 3.74. The highest BCUT2D eigenvalue weighted by molar-refractivity contribution is 5.47. The maximum absolute atomic E-state index is 11.8. The molecule has 0 aliphatic rings. The number of H-pyrrole nitrogens is 1. The molecule has 18 heavy (non-hydrogen) atoms. The summed E-state index contributed by atoms with van der Waals surface area (Å²) >= 11 is 0. The van der Waals surface area contributed by atoms with Crippen LogP contribution in [0.25, 0.3) is 17.2 Å². The molecular formula is C13H10N4O. The molecule has 0 fully saturated rings. The van der Waals surface area contributed by atoms with Crippen molar-refractivity contribution in [2.24, 2.45) is 0 Å². The van der Waals surface area contributed by atoms with Crippen molar-refractivity contribution in [2.75, 3.05) is 0 Å². The first kappa shape index (κ1) is 10.5. The van der Waals surface area contributed by atoms with Crippen molar-refractivity contribution in [1.29, 1.82) is 0 Å². The molecule has 0 aliphatic heterocycles. The lowest BCUT2D eigenvalue weighted by Gasteiger charge is -1.97. The van der Waals surface area contributed by atoms with E-state index in [1.54, 1.807) is 12.3 Å². The molecule has 3 aromatic rings. The van der Waals surface area contributed by atoms with Gasteiger partial charge in [-0.3, -0.25) is 9.97 Å². The SMILES string of the molecule is O=c1[nH]c(-c2ccccn2)nn1-c1ccccc1. The Morgan fingerprint density at radius 2 is 1.78 bits per heavy atom. The van der Waals surface area contributed by atoms with Gasteiger partial charge in [0.15, 0.2) is 5.82 Å². The maximum Gasteiger partial charge on any atom is 0.348 e. The first-order valence-corrected chi connectivity index (χ1v) is 5.51. The van der Waals surface area contributed by atoms with Gasteiger partial charge in [0, 0.05) is 6.20 Å². The molecule has 2 heterocycles. The van der Waals surface area contributed by atoms with Gasteiger partial charge in [0.2, 0.25) is 0 Å². The number of aromatic amines is 1. The van der Waals surface area contributed by atoms with Crippen molar-refractivity contribution in [3.63, 3.8) is 0 Å². The van der Waals surface area contributed by atoms with Gasteiger partial charge in [-0.05, 0) is 24.3 Å². The van der Waals surface area contributed by atoms with Crippen LogP contribution in [0.5, 0.6) is 0 Å². The number of nitrogens with one attached hydrogen (secondary N) is 1. The van der Waals surface area contributed by atoms with Crippen LogP contribution in [0.3, 0.4) is 0 Å². The van der Waals surface area contributed by atoms with Crippen LogP contribution in [0.2, 0.25) is 0 Å². The summed E-state index contributed by atoms with van der Waals surface area (Å²) in [7, 11) is 0. The Hall–Kier alpha value is -2.69. The van der Waals surface area contributed by atoms with E-state index in [2.05, 4.69) is 15.1 Å². The number of benzene rings is 1.